The molecule has 5 aliphatic rings. The van der Waals surface area contributed by atoms with Crippen LogP contribution in [-0.2, 0) is 14.3 Å². The van der Waals surface area contributed by atoms with E-state index in [1.807, 2.05) is 0 Å². The minimum absolute atomic E-state index is 0.135. The van der Waals surface area contributed by atoms with Crippen molar-refractivity contribution in [3.63, 3.8) is 0 Å². The Morgan fingerprint density at radius 2 is 2.20 bits per heavy atom. The number of hydrogen-bond acceptors (Lipinski definition) is 4. The molecule has 2 bridgehead atoms. The molecule has 0 aromatic rings. The number of piperidine rings is 1. The van der Waals surface area contributed by atoms with Gasteiger partial charge in [-0.2, -0.15) is 0 Å². The van der Waals surface area contributed by atoms with Crippen molar-refractivity contribution in [3.05, 3.63) is 23.3 Å². The number of ether oxygens (including phenoxy) is 1. The van der Waals surface area contributed by atoms with E-state index in [-0.39, 0.29) is 17.3 Å². The highest BCUT2D eigenvalue weighted by molar-refractivity contribution is 5.98. The Bertz CT molecular complexity index is 619. The Morgan fingerprint density at radius 1 is 1.30 bits per heavy atom. The molecule has 4 nitrogen and oxygen atoms in total. The third kappa shape index (κ3) is 1.06. The van der Waals surface area contributed by atoms with Crippen LogP contribution in [0.4, 0.5) is 0 Å². The molecule has 3 aliphatic heterocycles. The van der Waals surface area contributed by atoms with Crippen molar-refractivity contribution in [3.8, 4) is 0 Å². The fourth-order valence-electron chi connectivity index (χ4n) is 5.47. The first-order valence-corrected chi connectivity index (χ1v) is 7.60. The van der Waals surface area contributed by atoms with E-state index < -0.39 is 5.60 Å². The van der Waals surface area contributed by atoms with Gasteiger partial charge in [-0.15, -0.1) is 0 Å². The lowest BCUT2D eigenvalue weighted by Crippen LogP contribution is -2.63. The Kier molecular flexibility index (Phi) is 1.83. The molecule has 0 aromatic carbocycles. The summed E-state index contributed by atoms with van der Waals surface area (Å²) in [5, 5.41) is 0. The maximum atomic E-state index is 12.1. The smallest absolute Gasteiger partial charge is 0.332 e. The summed E-state index contributed by atoms with van der Waals surface area (Å²) < 4.78 is 5.81. The maximum absolute atomic E-state index is 12.1. The molecule has 2 saturated heterocycles. The zero-order chi connectivity index (χ0) is 13.5. The summed E-state index contributed by atoms with van der Waals surface area (Å²) in [6.45, 7) is 1.08. The standard InChI is InChI=1S/C16H17NO3/c18-12-7-13-15(9-12)4-1-5-17(15)11-3-2-10-6-14(19)20-16(10,13)8-11/h6-7,11H,1-5,8-9H2/t11-,15-,16-/m1/s1. The van der Waals surface area contributed by atoms with Crippen molar-refractivity contribution in [1.29, 1.82) is 0 Å². The molecular weight excluding hydrogens is 254 g/mol. The van der Waals surface area contributed by atoms with E-state index in [0.717, 1.165) is 49.8 Å². The van der Waals surface area contributed by atoms with E-state index in [0.29, 0.717) is 12.5 Å². The van der Waals surface area contributed by atoms with Crippen molar-refractivity contribution in [1.82, 2.24) is 4.90 Å². The zero-order valence-electron chi connectivity index (χ0n) is 11.4. The van der Waals surface area contributed by atoms with E-state index in [1.54, 1.807) is 12.2 Å². The number of hydrogen-bond donors (Lipinski definition) is 0. The van der Waals surface area contributed by atoms with Gasteiger partial charge in [0, 0.05) is 30.5 Å². The summed E-state index contributed by atoms with van der Waals surface area (Å²) >= 11 is 0. The van der Waals surface area contributed by atoms with Crippen molar-refractivity contribution in [2.45, 2.75) is 55.7 Å². The molecule has 0 radical (unpaired) electrons. The van der Waals surface area contributed by atoms with Gasteiger partial charge < -0.3 is 4.74 Å². The number of esters is 1. The van der Waals surface area contributed by atoms with E-state index in [1.165, 1.54) is 0 Å². The van der Waals surface area contributed by atoms with Crippen LogP contribution in [0.25, 0.3) is 0 Å². The van der Waals surface area contributed by atoms with Crippen LogP contribution in [0, 0.1) is 0 Å². The second-order valence-electron chi connectivity index (χ2n) is 6.84. The predicted octanol–water partition coefficient (Wildman–Crippen LogP) is 1.51. The number of nitrogens with zero attached hydrogens (tertiary/aromatic N) is 1. The molecule has 3 heterocycles. The van der Waals surface area contributed by atoms with E-state index in [9.17, 15) is 9.59 Å². The molecule has 1 saturated carbocycles. The van der Waals surface area contributed by atoms with E-state index in [2.05, 4.69) is 4.90 Å². The third-order valence-electron chi connectivity index (χ3n) is 6.04. The monoisotopic (exact) mass is 271 g/mol. The normalized spacial score (nSPS) is 45.5. The molecule has 0 aromatic heterocycles. The van der Waals surface area contributed by atoms with Crippen molar-refractivity contribution < 1.29 is 14.3 Å². The van der Waals surface area contributed by atoms with Gasteiger partial charge in [-0.3, -0.25) is 9.69 Å². The van der Waals surface area contributed by atoms with Crippen LogP contribution < -0.4 is 0 Å². The number of rotatable bonds is 0. The predicted molar refractivity (Wildman–Crippen MR) is 70.9 cm³/mol. The van der Waals surface area contributed by atoms with Gasteiger partial charge in [-0.05, 0) is 43.9 Å². The fraction of sp³-hybridized carbons (Fsp3) is 0.625. The highest BCUT2D eigenvalue weighted by Crippen LogP contribution is 2.60. The third-order valence-corrected chi connectivity index (χ3v) is 6.04. The molecular formula is C16H17NO3. The fourth-order valence-corrected chi connectivity index (χ4v) is 5.47. The lowest BCUT2D eigenvalue weighted by Gasteiger charge is -2.56. The maximum Gasteiger partial charge on any atom is 0.332 e. The van der Waals surface area contributed by atoms with Crippen LogP contribution in [0.3, 0.4) is 0 Å². The lowest BCUT2D eigenvalue weighted by atomic mass is 9.64. The van der Waals surface area contributed by atoms with Gasteiger partial charge in [-0.1, -0.05) is 0 Å². The van der Waals surface area contributed by atoms with Crippen LogP contribution in [0.1, 0.15) is 38.5 Å². The van der Waals surface area contributed by atoms with Crippen LogP contribution in [0.15, 0.2) is 23.3 Å². The average Bonchev–Trinajstić information content (AvgIpc) is 3.04. The molecule has 3 atom stereocenters. The second kappa shape index (κ2) is 3.25. The summed E-state index contributed by atoms with van der Waals surface area (Å²) in [6.07, 6.45) is 9.11. The number of carbonyl (C=O) groups excluding carboxylic acids is 2. The van der Waals surface area contributed by atoms with Gasteiger partial charge >= 0.3 is 5.97 Å². The minimum atomic E-state index is -0.562. The van der Waals surface area contributed by atoms with Crippen molar-refractivity contribution in [2.75, 3.05) is 6.54 Å². The van der Waals surface area contributed by atoms with E-state index in [4.69, 9.17) is 4.74 Å². The highest BCUT2D eigenvalue weighted by Gasteiger charge is 2.66. The summed E-state index contributed by atoms with van der Waals surface area (Å²) in [6, 6.07) is 0.462. The highest BCUT2D eigenvalue weighted by atomic mass is 16.6. The molecule has 0 N–H and O–H groups in total. The summed E-state index contributed by atoms with van der Waals surface area (Å²) in [5.41, 5.74) is 1.52. The van der Waals surface area contributed by atoms with Gasteiger partial charge in [0.25, 0.3) is 0 Å². The molecule has 5 rings (SSSR count). The summed E-state index contributed by atoms with van der Waals surface area (Å²) in [7, 11) is 0. The summed E-state index contributed by atoms with van der Waals surface area (Å²) in [4.78, 5) is 26.5. The Morgan fingerprint density at radius 3 is 3.10 bits per heavy atom. The Balaban J connectivity index is 1.76. The SMILES string of the molecule is O=C1C=C2[C@@]34C[C@@H](CCC3=CC(=O)O4)N3CCC[C@@]23C1. The molecule has 0 amide bonds. The van der Waals surface area contributed by atoms with Crippen LogP contribution >= 0.6 is 0 Å². The molecule has 20 heavy (non-hydrogen) atoms. The molecule has 2 aliphatic carbocycles. The minimum Gasteiger partial charge on any atom is -0.447 e. The van der Waals surface area contributed by atoms with Gasteiger partial charge in [0.15, 0.2) is 11.4 Å². The first-order chi connectivity index (χ1) is 9.64. The van der Waals surface area contributed by atoms with Crippen LogP contribution in [0.2, 0.25) is 0 Å². The molecule has 0 unspecified atom stereocenters. The quantitative estimate of drug-likeness (QED) is 0.627. The average molecular weight is 271 g/mol. The lowest BCUT2D eigenvalue weighted by molar-refractivity contribution is -0.150. The van der Waals surface area contributed by atoms with Crippen molar-refractivity contribution in [2.24, 2.45) is 0 Å². The Hall–Kier alpha value is -1.42. The number of carbonyl (C=O) groups is 2. The van der Waals surface area contributed by atoms with Crippen LogP contribution in [0.5, 0.6) is 0 Å². The second-order valence-corrected chi connectivity index (χ2v) is 6.84. The van der Waals surface area contributed by atoms with E-state index >= 15 is 0 Å². The Labute approximate surface area is 117 Å². The first kappa shape index (κ1) is 11.3. The first-order valence-electron chi connectivity index (χ1n) is 7.60. The number of ketones is 1. The van der Waals surface area contributed by atoms with Gasteiger partial charge in [0.05, 0.1) is 5.54 Å². The number of fused-ring (bicyclic) bond motifs is 2. The van der Waals surface area contributed by atoms with Gasteiger partial charge in [0.1, 0.15) is 0 Å². The molecule has 3 fully saturated rings. The van der Waals surface area contributed by atoms with Crippen LogP contribution in [-0.4, -0.2) is 40.4 Å². The van der Waals surface area contributed by atoms with Crippen molar-refractivity contribution >= 4 is 11.8 Å². The number of allylic oxidation sites excluding steroid dienone is 1. The van der Waals surface area contributed by atoms with Gasteiger partial charge in [0.2, 0.25) is 0 Å². The topological polar surface area (TPSA) is 46.6 Å². The zero-order valence-corrected chi connectivity index (χ0v) is 11.4. The summed E-state index contributed by atoms with van der Waals surface area (Å²) in [5.74, 6) is -0.0152. The molecule has 2 spiro atoms. The van der Waals surface area contributed by atoms with Gasteiger partial charge in [-0.25, -0.2) is 4.79 Å². The largest absolute Gasteiger partial charge is 0.447 e. The molecule has 104 valence electrons. The molecule has 4 heteroatoms.